The van der Waals surface area contributed by atoms with E-state index in [-0.39, 0.29) is 11.8 Å². The molecular formula is C13H21NO3. The first-order chi connectivity index (χ1) is 8.18. The number of carboxylic acids is 1. The summed E-state index contributed by atoms with van der Waals surface area (Å²) in [5.74, 6) is -0.943. The van der Waals surface area contributed by atoms with Crippen molar-refractivity contribution in [3.05, 3.63) is 0 Å². The van der Waals surface area contributed by atoms with Crippen molar-refractivity contribution >= 4 is 11.9 Å². The van der Waals surface area contributed by atoms with E-state index in [1.54, 1.807) is 0 Å². The molecule has 4 heteroatoms. The van der Waals surface area contributed by atoms with Gasteiger partial charge in [0.2, 0.25) is 5.91 Å². The highest BCUT2D eigenvalue weighted by atomic mass is 16.4. The molecule has 0 aromatic rings. The van der Waals surface area contributed by atoms with Crippen molar-refractivity contribution in [2.75, 3.05) is 6.54 Å². The van der Waals surface area contributed by atoms with Gasteiger partial charge in [-0.05, 0) is 19.3 Å². The van der Waals surface area contributed by atoms with E-state index < -0.39 is 5.97 Å². The summed E-state index contributed by atoms with van der Waals surface area (Å²) < 4.78 is 0. The van der Waals surface area contributed by atoms with Crippen molar-refractivity contribution in [2.24, 2.45) is 5.92 Å². The number of likely N-dealkylation sites (tertiary alicyclic amines) is 1. The van der Waals surface area contributed by atoms with Crippen LogP contribution >= 0.6 is 0 Å². The van der Waals surface area contributed by atoms with Crippen LogP contribution in [0.3, 0.4) is 0 Å². The Hall–Kier alpha value is -1.06. The number of nitrogens with zero attached hydrogens (tertiary/aromatic N) is 1. The molecule has 1 saturated heterocycles. The van der Waals surface area contributed by atoms with E-state index in [4.69, 9.17) is 5.11 Å². The predicted octanol–water partition coefficient (Wildman–Crippen LogP) is 2.03. The zero-order valence-corrected chi connectivity index (χ0v) is 10.2. The lowest BCUT2D eigenvalue weighted by atomic mass is 9.94. The van der Waals surface area contributed by atoms with Gasteiger partial charge >= 0.3 is 5.97 Å². The van der Waals surface area contributed by atoms with E-state index in [1.807, 2.05) is 4.90 Å². The first-order valence-corrected chi connectivity index (χ1v) is 6.71. The molecule has 1 aliphatic carbocycles. The number of aliphatic carboxylic acids is 1. The average molecular weight is 239 g/mol. The SMILES string of the molecule is O=C(O)[C@H]1CCC(=O)N(C2CCCCCC2)C1. The number of piperidine rings is 1. The Kier molecular flexibility index (Phi) is 4.02. The van der Waals surface area contributed by atoms with Crippen LogP contribution in [-0.2, 0) is 9.59 Å². The largest absolute Gasteiger partial charge is 0.481 e. The summed E-state index contributed by atoms with van der Waals surface area (Å²) in [6.07, 6.45) is 7.88. The van der Waals surface area contributed by atoms with Crippen molar-refractivity contribution in [2.45, 2.75) is 57.4 Å². The molecule has 0 unspecified atom stereocenters. The van der Waals surface area contributed by atoms with Crippen LogP contribution in [0.15, 0.2) is 0 Å². The molecule has 1 aliphatic heterocycles. The highest BCUT2D eigenvalue weighted by Crippen LogP contribution is 2.27. The van der Waals surface area contributed by atoms with Gasteiger partial charge in [0.05, 0.1) is 5.92 Å². The van der Waals surface area contributed by atoms with Crippen LogP contribution in [0.5, 0.6) is 0 Å². The quantitative estimate of drug-likeness (QED) is 0.750. The molecule has 1 N–H and O–H groups in total. The highest BCUT2D eigenvalue weighted by Gasteiger charge is 2.33. The minimum Gasteiger partial charge on any atom is -0.481 e. The van der Waals surface area contributed by atoms with E-state index in [2.05, 4.69) is 0 Å². The monoisotopic (exact) mass is 239 g/mol. The summed E-state index contributed by atoms with van der Waals surface area (Å²) in [5, 5.41) is 9.06. The molecule has 2 rings (SSSR count). The Labute approximate surface area is 102 Å². The second-order valence-electron chi connectivity index (χ2n) is 5.27. The summed E-state index contributed by atoms with van der Waals surface area (Å²) in [5.41, 5.74) is 0. The predicted molar refractivity (Wildman–Crippen MR) is 63.6 cm³/mol. The maximum Gasteiger partial charge on any atom is 0.308 e. The third-order valence-electron chi connectivity index (χ3n) is 4.06. The Morgan fingerprint density at radius 2 is 1.76 bits per heavy atom. The molecule has 17 heavy (non-hydrogen) atoms. The molecule has 4 nitrogen and oxygen atoms in total. The molecule has 96 valence electrons. The molecule has 0 aromatic carbocycles. The lowest BCUT2D eigenvalue weighted by molar-refractivity contribution is -0.148. The van der Waals surface area contributed by atoms with Crippen molar-refractivity contribution in [3.63, 3.8) is 0 Å². The standard InChI is InChI=1S/C13H21NO3/c15-12-8-7-10(13(16)17)9-14(12)11-5-3-1-2-4-6-11/h10-11H,1-9H2,(H,16,17)/t10-/m0/s1. The number of carboxylic acid groups (broad SMARTS) is 1. The second kappa shape index (κ2) is 5.52. The van der Waals surface area contributed by atoms with Crippen molar-refractivity contribution < 1.29 is 14.7 Å². The van der Waals surface area contributed by atoms with Crippen LogP contribution < -0.4 is 0 Å². The molecule has 1 saturated carbocycles. The third kappa shape index (κ3) is 2.99. The molecule has 0 aromatic heterocycles. The van der Waals surface area contributed by atoms with E-state index in [0.29, 0.717) is 25.4 Å². The normalized spacial score (nSPS) is 27.9. The van der Waals surface area contributed by atoms with Gasteiger partial charge in [-0.2, -0.15) is 0 Å². The first-order valence-electron chi connectivity index (χ1n) is 6.71. The fourth-order valence-electron chi connectivity index (χ4n) is 3.00. The van der Waals surface area contributed by atoms with Crippen LogP contribution in [0.4, 0.5) is 0 Å². The fraction of sp³-hybridized carbons (Fsp3) is 0.846. The highest BCUT2D eigenvalue weighted by molar-refractivity contribution is 5.80. The summed E-state index contributed by atoms with van der Waals surface area (Å²) >= 11 is 0. The molecule has 1 amide bonds. The van der Waals surface area contributed by atoms with Crippen molar-refractivity contribution in [1.82, 2.24) is 4.90 Å². The Morgan fingerprint density at radius 3 is 2.35 bits per heavy atom. The fourth-order valence-corrected chi connectivity index (χ4v) is 3.00. The van der Waals surface area contributed by atoms with Gasteiger partial charge < -0.3 is 10.0 Å². The number of hydrogen-bond acceptors (Lipinski definition) is 2. The summed E-state index contributed by atoms with van der Waals surface area (Å²) in [7, 11) is 0. The van der Waals surface area contributed by atoms with Crippen LogP contribution in [0.2, 0.25) is 0 Å². The molecule has 0 bridgehead atoms. The number of rotatable bonds is 2. The number of carbonyl (C=O) groups is 2. The minimum absolute atomic E-state index is 0.161. The molecule has 2 aliphatic rings. The molecule has 1 atom stereocenters. The van der Waals surface area contributed by atoms with Crippen molar-refractivity contribution in [3.8, 4) is 0 Å². The lowest BCUT2D eigenvalue weighted by Gasteiger charge is -2.36. The average Bonchev–Trinajstić information content (AvgIpc) is 2.58. The summed E-state index contributed by atoms with van der Waals surface area (Å²) in [4.78, 5) is 24.8. The van der Waals surface area contributed by atoms with Crippen LogP contribution in [0.1, 0.15) is 51.4 Å². The zero-order valence-electron chi connectivity index (χ0n) is 10.2. The van der Waals surface area contributed by atoms with Gasteiger partial charge in [-0.3, -0.25) is 9.59 Å². The van der Waals surface area contributed by atoms with E-state index in [9.17, 15) is 9.59 Å². The smallest absolute Gasteiger partial charge is 0.308 e. The first kappa shape index (κ1) is 12.4. The number of carbonyl (C=O) groups excluding carboxylic acids is 1. The second-order valence-corrected chi connectivity index (χ2v) is 5.27. The van der Waals surface area contributed by atoms with Crippen LogP contribution in [-0.4, -0.2) is 34.5 Å². The Bertz CT molecular complexity index is 295. The maximum absolute atomic E-state index is 11.9. The van der Waals surface area contributed by atoms with Crippen LogP contribution in [0, 0.1) is 5.92 Å². The van der Waals surface area contributed by atoms with Gasteiger partial charge in [0.15, 0.2) is 0 Å². The van der Waals surface area contributed by atoms with Gasteiger partial charge in [-0.1, -0.05) is 25.7 Å². The molecule has 0 radical (unpaired) electrons. The molecular weight excluding hydrogens is 218 g/mol. The number of amides is 1. The Balaban J connectivity index is 2.00. The third-order valence-corrected chi connectivity index (χ3v) is 4.06. The van der Waals surface area contributed by atoms with E-state index in [0.717, 1.165) is 12.8 Å². The Morgan fingerprint density at radius 1 is 1.12 bits per heavy atom. The van der Waals surface area contributed by atoms with Gasteiger partial charge in [-0.15, -0.1) is 0 Å². The van der Waals surface area contributed by atoms with Gasteiger partial charge in [0.1, 0.15) is 0 Å². The van der Waals surface area contributed by atoms with Crippen molar-refractivity contribution in [1.29, 1.82) is 0 Å². The lowest BCUT2D eigenvalue weighted by Crippen LogP contribution is -2.48. The topological polar surface area (TPSA) is 57.6 Å². The zero-order chi connectivity index (χ0) is 12.3. The number of hydrogen-bond donors (Lipinski definition) is 1. The van der Waals surface area contributed by atoms with Gasteiger partial charge in [0.25, 0.3) is 0 Å². The summed E-state index contributed by atoms with van der Waals surface area (Å²) in [6, 6.07) is 0.298. The summed E-state index contributed by atoms with van der Waals surface area (Å²) in [6.45, 7) is 0.429. The molecule has 1 heterocycles. The maximum atomic E-state index is 11.9. The van der Waals surface area contributed by atoms with E-state index in [1.165, 1.54) is 25.7 Å². The molecule has 2 fully saturated rings. The molecule has 0 spiro atoms. The van der Waals surface area contributed by atoms with Gasteiger partial charge in [0, 0.05) is 19.0 Å². The van der Waals surface area contributed by atoms with E-state index >= 15 is 0 Å². The minimum atomic E-state index is -0.754. The van der Waals surface area contributed by atoms with Gasteiger partial charge in [-0.25, -0.2) is 0 Å². The van der Waals surface area contributed by atoms with Crippen LogP contribution in [0.25, 0.3) is 0 Å².